The highest BCUT2D eigenvalue weighted by Gasteiger charge is 2.67. The van der Waals surface area contributed by atoms with Crippen LogP contribution in [0.2, 0.25) is 0 Å². The van der Waals surface area contributed by atoms with E-state index in [4.69, 9.17) is 5.73 Å². The molecule has 1 nitrogen and oxygen atoms in total. The van der Waals surface area contributed by atoms with E-state index in [1.807, 2.05) is 0 Å². The van der Waals surface area contributed by atoms with Gasteiger partial charge in [0, 0.05) is 5.54 Å². The number of rotatable bonds is 2. The molecule has 0 heterocycles. The summed E-state index contributed by atoms with van der Waals surface area (Å²) in [5.41, 5.74) is 10.4. The Morgan fingerprint density at radius 2 is 1.81 bits per heavy atom. The zero-order chi connectivity index (χ0) is 10.8. The third-order valence-electron chi connectivity index (χ3n) is 5.37. The van der Waals surface area contributed by atoms with E-state index in [9.17, 15) is 0 Å². The first kappa shape index (κ1) is 9.23. The molecule has 3 aliphatic carbocycles. The Balaban J connectivity index is 1.76. The fourth-order valence-corrected chi connectivity index (χ4v) is 4.09. The molecule has 0 saturated heterocycles. The second-order valence-corrected chi connectivity index (χ2v) is 6.10. The summed E-state index contributed by atoms with van der Waals surface area (Å²) < 4.78 is 0. The fourth-order valence-electron chi connectivity index (χ4n) is 4.09. The summed E-state index contributed by atoms with van der Waals surface area (Å²) in [6.45, 7) is 0. The van der Waals surface area contributed by atoms with E-state index in [1.165, 1.54) is 38.5 Å². The molecule has 84 valence electrons. The van der Waals surface area contributed by atoms with E-state index in [-0.39, 0.29) is 5.54 Å². The van der Waals surface area contributed by atoms with Crippen LogP contribution in [0.25, 0.3) is 0 Å². The first-order valence-corrected chi connectivity index (χ1v) is 6.62. The van der Waals surface area contributed by atoms with Crippen LogP contribution >= 0.6 is 0 Å². The lowest BCUT2D eigenvalue weighted by Crippen LogP contribution is -2.37. The molecule has 0 aromatic heterocycles. The van der Waals surface area contributed by atoms with Gasteiger partial charge in [-0.2, -0.15) is 0 Å². The van der Waals surface area contributed by atoms with Crippen molar-refractivity contribution in [2.24, 2.45) is 11.1 Å². The van der Waals surface area contributed by atoms with Crippen LogP contribution in [0.3, 0.4) is 0 Å². The van der Waals surface area contributed by atoms with Gasteiger partial charge in [-0.1, -0.05) is 24.3 Å². The minimum atomic E-state index is 0.217. The van der Waals surface area contributed by atoms with Crippen molar-refractivity contribution in [3.63, 3.8) is 0 Å². The van der Waals surface area contributed by atoms with Crippen LogP contribution < -0.4 is 5.73 Å². The number of hydrogen-bond donors (Lipinski definition) is 1. The van der Waals surface area contributed by atoms with Crippen LogP contribution in [-0.4, -0.2) is 5.54 Å². The molecule has 2 N–H and O–H groups in total. The van der Waals surface area contributed by atoms with Gasteiger partial charge in [0.05, 0.1) is 0 Å². The zero-order valence-electron chi connectivity index (χ0n) is 9.71. The monoisotopic (exact) mass is 213 g/mol. The molecule has 1 unspecified atom stereocenters. The predicted octanol–water partition coefficient (Wildman–Crippen LogP) is 2.99. The molecule has 3 aliphatic rings. The van der Waals surface area contributed by atoms with E-state index >= 15 is 0 Å². The van der Waals surface area contributed by atoms with Gasteiger partial charge in [0.2, 0.25) is 0 Å². The highest BCUT2D eigenvalue weighted by atomic mass is 14.9. The van der Waals surface area contributed by atoms with Gasteiger partial charge in [-0.15, -0.1) is 0 Å². The third-order valence-corrected chi connectivity index (χ3v) is 5.37. The van der Waals surface area contributed by atoms with Crippen molar-refractivity contribution in [3.8, 4) is 0 Å². The van der Waals surface area contributed by atoms with Crippen LogP contribution in [0.5, 0.6) is 0 Å². The molecule has 0 aliphatic heterocycles. The maximum atomic E-state index is 6.52. The lowest BCUT2D eigenvalue weighted by atomic mass is 9.77. The molecule has 1 heteroatoms. The third kappa shape index (κ3) is 1.00. The summed E-state index contributed by atoms with van der Waals surface area (Å²) in [5.74, 6) is 0.774. The maximum Gasteiger partial charge on any atom is 0.0218 e. The van der Waals surface area contributed by atoms with Crippen LogP contribution in [0.1, 0.15) is 49.1 Å². The van der Waals surface area contributed by atoms with Crippen molar-refractivity contribution in [3.05, 3.63) is 35.4 Å². The quantitative estimate of drug-likeness (QED) is 0.803. The normalized spacial score (nSPS) is 32.2. The average Bonchev–Trinajstić information content (AvgIpc) is 3.20. The van der Waals surface area contributed by atoms with E-state index in [0.717, 1.165) is 5.92 Å². The summed E-state index contributed by atoms with van der Waals surface area (Å²) in [6.07, 6.45) is 7.92. The summed E-state index contributed by atoms with van der Waals surface area (Å²) in [5, 5.41) is 0. The maximum absolute atomic E-state index is 6.52. The van der Waals surface area contributed by atoms with Crippen molar-refractivity contribution in [1.29, 1.82) is 0 Å². The van der Waals surface area contributed by atoms with E-state index in [2.05, 4.69) is 24.3 Å². The molecule has 1 aromatic carbocycles. The highest BCUT2D eigenvalue weighted by molar-refractivity contribution is 5.40. The fraction of sp³-hybridized carbons (Fsp3) is 0.600. The van der Waals surface area contributed by atoms with Gasteiger partial charge in [-0.3, -0.25) is 0 Å². The van der Waals surface area contributed by atoms with Crippen LogP contribution in [0.4, 0.5) is 0 Å². The topological polar surface area (TPSA) is 26.0 Å². The zero-order valence-corrected chi connectivity index (χ0v) is 9.71. The molecule has 0 bridgehead atoms. The first-order valence-electron chi connectivity index (χ1n) is 6.62. The van der Waals surface area contributed by atoms with Crippen molar-refractivity contribution in [2.45, 2.75) is 50.0 Å². The second kappa shape index (κ2) is 2.70. The Kier molecular flexibility index (Phi) is 1.56. The Morgan fingerprint density at radius 3 is 2.50 bits per heavy atom. The SMILES string of the molecule is NC1(C2(C3CCc4ccccc43)CC2)CC1. The Hall–Kier alpha value is -0.820. The smallest absolute Gasteiger partial charge is 0.0218 e. The average molecular weight is 213 g/mol. The summed E-state index contributed by atoms with van der Waals surface area (Å²) in [7, 11) is 0. The molecule has 2 fully saturated rings. The largest absolute Gasteiger partial charge is 0.325 e. The van der Waals surface area contributed by atoms with Gasteiger partial charge < -0.3 is 5.73 Å². The Morgan fingerprint density at radius 1 is 1.06 bits per heavy atom. The van der Waals surface area contributed by atoms with Crippen LogP contribution in [0, 0.1) is 5.41 Å². The van der Waals surface area contributed by atoms with Crippen LogP contribution in [0.15, 0.2) is 24.3 Å². The second-order valence-electron chi connectivity index (χ2n) is 6.10. The Bertz CT molecular complexity index is 441. The lowest BCUT2D eigenvalue weighted by Gasteiger charge is -2.30. The van der Waals surface area contributed by atoms with Crippen molar-refractivity contribution < 1.29 is 0 Å². The molecule has 1 aromatic rings. The number of fused-ring (bicyclic) bond motifs is 1. The van der Waals surface area contributed by atoms with Gasteiger partial charge in [0.15, 0.2) is 0 Å². The minimum Gasteiger partial charge on any atom is -0.325 e. The van der Waals surface area contributed by atoms with Crippen molar-refractivity contribution >= 4 is 0 Å². The van der Waals surface area contributed by atoms with Gasteiger partial charge in [-0.25, -0.2) is 0 Å². The number of hydrogen-bond acceptors (Lipinski definition) is 1. The Labute approximate surface area is 97.0 Å². The summed E-state index contributed by atoms with van der Waals surface area (Å²) >= 11 is 0. The van der Waals surface area contributed by atoms with Gasteiger partial charge in [0.1, 0.15) is 0 Å². The molecule has 0 radical (unpaired) electrons. The highest BCUT2D eigenvalue weighted by Crippen LogP contribution is 2.71. The van der Waals surface area contributed by atoms with E-state index in [0.29, 0.717) is 5.41 Å². The molecule has 16 heavy (non-hydrogen) atoms. The first-order chi connectivity index (χ1) is 7.75. The van der Waals surface area contributed by atoms with Crippen molar-refractivity contribution in [1.82, 2.24) is 0 Å². The minimum absolute atomic E-state index is 0.217. The van der Waals surface area contributed by atoms with E-state index in [1.54, 1.807) is 11.1 Å². The standard InChI is InChI=1S/C15H19N/c16-15(9-10-15)14(7-8-14)13-6-5-11-3-1-2-4-12(11)13/h1-4,13H,5-10,16H2. The molecular formula is C15H19N. The van der Waals surface area contributed by atoms with Gasteiger partial charge in [-0.05, 0) is 61.0 Å². The van der Waals surface area contributed by atoms with Crippen LogP contribution in [-0.2, 0) is 6.42 Å². The molecule has 0 spiro atoms. The van der Waals surface area contributed by atoms with Gasteiger partial charge in [0.25, 0.3) is 0 Å². The summed E-state index contributed by atoms with van der Waals surface area (Å²) in [4.78, 5) is 0. The molecular weight excluding hydrogens is 194 g/mol. The molecule has 2 saturated carbocycles. The number of benzene rings is 1. The van der Waals surface area contributed by atoms with E-state index < -0.39 is 0 Å². The number of aryl methyl sites for hydroxylation is 1. The summed E-state index contributed by atoms with van der Waals surface area (Å²) in [6, 6.07) is 9.03. The molecule has 1 atom stereocenters. The molecule has 0 amide bonds. The molecule has 4 rings (SSSR count). The lowest BCUT2D eigenvalue weighted by molar-refractivity contribution is 0.304. The van der Waals surface area contributed by atoms with Gasteiger partial charge >= 0.3 is 0 Å². The van der Waals surface area contributed by atoms with Crippen molar-refractivity contribution in [2.75, 3.05) is 0 Å². The number of nitrogens with two attached hydrogens (primary N) is 1. The predicted molar refractivity (Wildman–Crippen MR) is 65.3 cm³/mol.